The number of aliphatic carboxylic acids is 1. The first-order valence-corrected chi connectivity index (χ1v) is 11.7. The minimum Gasteiger partial charge on any atom is -0.481 e. The van der Waals surface area contributed by atoms with E-state index in [1.165, 1.54) is 11.1 Å². The number of hydrogen-bond acceptors (Lipinski definition) is 4. The molecule has 0 saturated heterocycles. The van der Waals surface area contributed by atoms with E-state index in [4.69, 9.17) is 4.74 Å². The second kappa shape index (κ2) is 10.5. The number of ether oxygens (including phenoxy) is 1. The lowest BCUT2D eigenvalue weighted by Gasteiger charge is -2.29. The first kappa shape index (κ1) is 23.5. The molecule has 0 aliphatic heterocycles. The highest BCUT2D eigenvalue weighted by atomic mass is 16.5. The van der Waals surface area contributed by atoms with Crippen LogP contribution >= 0.6 is 0 Å². The number of alkyl carbamates (subject to hydrolysis) is 1. The molecule has 4 rings (SSSR count). The molecule has 2 aromatic rings. The molecule has 2 atom stereocenters. The van der Waals surface area contributed by atoms with Crippen molar-refractivity contribution in [1.82, 2.24) is 10.6 Å². The summed E-state index contributed by atoms with van der Waals surface area (Å²) < 4.78 is 5.50. The summed E-state index contributed by atoms with van der Waals surface area (Å²) in [5.41, 5.74) is 5.05. The van der Waals surface area contributed by atoms with Gasteiger partial charge in [0.25, 0.3) is 0 Å². The Kier molecular flexibility index (Phi) is 7.30. The SMILES string of the molecule is C/C(=C\CNC(=O)OCC1c2ccccc2-c2ccccc21)C(=O)N[C@@H]1CCCC[C@@H]1C(=O)O. The summed E-state index contributed by atoms with van der Waals surface area (Å²) in [4.78, 5) is 36.2. The standard InChI is InChI=1S/C27H30N2O5/c1-17(25(30)29-24-13-7-6-12-22(24)26(31)32)14-15-28-27(33)34-16-23-20-10-4-2-8-18(20)19-9-3-5-11-21(19)23/h2-5,8-11,14,22-24H,6-7,12-13,15-16H2,1H3,(H,28,33)(H,29,30)(H,31,32)/b17-14+/t22-,24+/m0/s1. The van der Waals surface area contributed by atoms with E-state index in [0.29, 0.717) is 18.4 Å². The second-order valence-corrected chi connectivity index (χ2v) is 8.90. The largest absolute Gasteiger partial charge is 0.481 e. The fourth-order valence-corrected chi connectivity index (χ4v) is 4.91. The van der Waals surface area contributed by atoms with Crippen molar-refractivity contribution in [3.63, 3.8) is 0 Å². The van der Waals surface area contributed by atoms with Crippen molar-refractivity contribution < 1.29 is 24.2 Å². The Labute approximate surface area is 199 Å². The number of fused-ring (bicyclic) bond motifs is 3. The van der Waals surface area contributed by atoms with Gasteiger partial charge in [-0.15, -0.1) is 0 Å². The zero-order chi connectivity index (χ0) is 24.1. The summed E-state index contributed by atoms with van der Waals surface area (Å²) in [6, 6.07) is 15.9. The molecular formula is C27H30N2O5. The van der Waals surface area contributed by atoms with Gasteiger partial charge in [0.2, 0.25) is 5.91 Å². The summed E-state index contributed by atoms with van der Waals surface area (Å²) in [6.07, 6.45) is 4.06. The lowest BCUT2D eigenvalue weighted by atomic mass is 9.84. The van der Waals surface area contributed by atoms with Crippen LogP contribution in [-0.2, 0) is 14.3 Å². The van der Waals surface area contributed by atoms with Crippen molar-refractivity contribution in [2.45, 2.75) is 44.6 Å². The lowest BCUT2D eigenvalue weighted by molar-refractivity contribution is -0.144. The molecule has 1 saturated carbocycles. The van der Waals surface area contributed by atoms with Crippen molar-refractivity contribution in [2.75, 3.05) is 13.2 Å². The number of carboxylic acid groups (broad SMARTS) is 1. The first-order valence-electron chi connectivity index (χ1n) is 11.7. The van der Waals surface area contributed by atoms with Gasteiger partial charge in [0.05, 0.1) is 5.92 Å². The monoisotopic (exact) mass is 462 g/mol. The van der Waals surface area contributed by atoms with Crippen molar-refractivity contribution >= 4 is 18.0 Å². The molecule has 34 heavy (non-hydrogen) atoms. The van der Waals surface area contributed by atoms with Gasteiger partial charge in [-0.2, -0.15) is 0 Å². The van der Waals surface area contributed by atoms with Crippen LogP contribution in [0, 0.1) is 5.92 Å². The molecule has 7 heteroatoms. The van der Waals surface area contributed by atoms with Crippen LogP contribution < -0.4 is 10.6 Å². The molecule has 0 spiro atoms. The van der Waals surface area contributed by atoms with Gasteiger partial charge in [0.1, 0.15) is 6.61 Å². The van der Waals surface area contributed by atoms with Crippen LogP contribution in [0.3, 0.4) is 0 Å². The predicted molar refractivity (Wildman–Crippen MR) is 128 cm³/mol. The molecular weight excluding hydrogens is 432 g/mol. The summed E-state index contributed by atoms with van der Waals surface area (Å²) in [5.74, 6) is -1.75. The van der Waals surface area contributed by atoms with Gasteiger partial charge in [-0.1, -0.05) is 67.4 Å². The lowest BCUT2D eigenvalue weighted by Crippen LogP contribution is -2.45. The normalized spacial score (nSPS) is 19.6. The molecule has 2 aliphatic carbocycles. The van der Waals surface area contributed by atoms with E-state index in [-0.39, 0.29) is 31.0 Å². The van der Waals surface area contributed by atoms with Gasteiger partial charge in [-0.25, -0.2) is 4.79 Å². The summed E-state index contributed by atoms with van der Waals surface area (Å²) in [5, 5.41) is 14.9. The smallest absolute Gasteiger partial charge is 0.407 e. The topological polar surface area (TPSA) is 105 Å². The van der Waals surface area contributed by atoms with Crippen molar-refractivity contribution in [1.29, 1.82) is 0 Å². The molecule has 2 amide bonds. The Morgan fingerprint density at radius 2 is 1.62 bits per heavy atom. The number of rotatable bonds is 7. The maximum Gasteiger partial charge on any atom is 0.407 e. The zero-order valence-corrected chi connectivity index (χ0v) is 19.3. The van der Waals surface area contributed by atoms with E-state index < -0.39 is 18.0 Å². The predicted octanol–water partition coefficient (Wildman–Crippen LogP) is 4.23. The van der Waals surface area contributed by atoms with Crippen LogP contribution in [0.5, 0.6) is 0 Å². The third kappa shape index (κ3) is 5.14. The number of nitrogens with one attached hydrogen (secondary N) is 2. The van der Waals surface area contributed by atoms with Crippen LogP contribution in [0.4, 0.5) is 4.79 Å². The van der Waals surface area contributed by atoms with Gasteiger partial charge in [-0.05, 0) is 42.0 Å². The Morgan fingerprint density at radius 1 is 1.00 bits per heavy atom. The van der Waals surface area contributed by atoms with Gasteiger partial charge in [0, 0.05) is 24.1 Å². The average molecular weight is 463 g/mol. The van der Waals surface area contributed by atoms with Crippen LogP contribution in [0.1, 0.15) is 49.7 Å². The molecule has 0 unspecified atom stereocenters. The number of hydrogen-bond donors (Lipinski definition) is 3. The Hall–Kier alpha value is -3.61. The maximum absolute atomic E-state index is 12.5. The molecule has 3 N–H and O–H groups in total. The molecule has 1 fully saturated rings. The molecule has 2 aromatic carbocycles. The Balaban J connectivity index is 1.27. The molecule has 7 nitrogen and oxygen atoms in total. The van der Waals surface area contributed by atoms with E-state index in [2.05, 4.69) is 34.9 Å². The van der Waals surface area contributed by atoms with Gasteiger partial charge >= 0.3 is 12.1 Å². The quantitative estimate of drug-likeness (QED) is 0.534. The maximum atomic E-state index is 12.5. The van der Waals surface area contributed by atoms with Crippen LogP contribution in [0.15, 0.2) is 60.2 Å². The van der Waals surface area contributed by atoms with Crippen LogP contribution in [-0.4, -0.2) is 42.3 Å². The van der Waals surface area contributed by atoms with E-state index in [0.717, 1.165) is 24.0 Å². The fraction of sp³-hybridized carbons (Fsp3) is 0.370. The minimum atomic E-state index is -0.872. The third-order valence-electron chi connectivity index (χ3n) is 6.76. The van der Waals surface area contributed by atoms with Crippen LogP contribution in [0.2, 0.25) is 0 Å². The average Bonchev–Trinajstić information content (AvgIpc) is 3.16. The third-order valence-corrected chi connectivity index (χ3v) is 6.76. The first-order chi connectivity index (χ1) is 16.5. The van der Waals surface area contributed by atoms with E-state index in [9.17, 15) is 19.5 Å². The molecule has 0 aromatic heterocycles. The molecule has 0 radical (unpaired) electrons. The molecule has 0 heterocycles. The summed E-state index contributed by atoms with van der Waals surface area (Å²) >= 11 is 0. The highest BCUT2D eigenvalue weighted by molar-refractivity contribution is 5.93. The minimum absolute atomic E-state index is 0.0149. The highest BCUT2D eigenvalue weighted by Crippen LogP contribution is 2.44. The van der Waals surface area contributed by atoms with Gasteiger partial charge < -0.3 is 20.5 Å². The second-order valence-electron chi connectivity index (χ2n) is 8.90. The van der Waals surface area contributed by atoms with Crippen molar-refractivity contribution in [2.24, 2.45) is 5.92 Å². The Bertz CT molecular complexity index is 1060. The van der Waals surface area contributed by atoms with E-state index in [1.54, 1.807) is 13.0 Å². The zero-order valence-electron chi connectivity index (χ0n) is 19.3. The Morgan fingerprint density at radius 3 is 2.26 bits per heavy atom. The molecule has 178 valence electrons. The number of carboxylic acids is 1. The van der Waals surface area contributed by atoms with Gasteiger partial charge in [0.15, 0.2) is 0 Å². The molecule has 2 aliphatic rings. The summed E-state index contributed by atoms with van der Waals surface area (Å²) in [7, 11) is 0. The fourth-order valence-electron chi connectivity index (χ4n) is 4.91. The van der Waals surface area contributed by atoms with Gasteiger partial charge in [-0.3, -0.25) is 9.59 Å². The molecule has 0 bridgehead atoms. The van der Waals surface area contributed by atoms with E-state index in [1.807, 2.05) is 24.3 Å². The van der Waals surface area contributed by atoms with E-state index >= 15 is 0 Å². The number of carbonyl (C=O) groups excluding carboxylic acids is 2. The van der Waals surface area contributed by atoms with Crippen molar-refractivity contribution in [3.8, 4) is 11.1 Å². The van der Waals surface area contributed by atoms with Crippen LogP contribution in [0.25, 0.3) is 11.1 Å². The number of benzene rings is 2. The highest BCUT2D eigenvalue weighted by Gasteiger charge is 2.32. The number of carbonyl (C=O) groups is 3. The summed E-state index contributed by atoms with van der Waals surface area (Å²) in [6.45, 7) is 2.01. The van der Waals surface area contributed by atoms with Crippen molar-refractivity contribution in [3.05, 3.63) is 71.3 Å². The number of amides is 2.